The third-order valence-electron chi connectivity index (χ3n) is 3.88. The first-order chi connectivity index (χ1) is 13.8. The van der Waals surface area contributed by atoms with Gasteiger partial charge in [-0.1, -0.05) is 22.9 Å². The number of aromatic carboxylic acids is 1. The first-order valence-corrected chi connectivity index (χ1v) is 8.53. The number of carboxylic acid groups (broad SMARTS) is 1. The fourth-order valence-electron chi connectivity index (χ4n) is 2.45. The topological polar surface area (TPSA) is 132 Å². The van der Waals surface area contributed by atoms with E-state index < -0.39 is 29.7 Å². The number of nitrogens with one attached hydrogen (secondary N) is 1. The van der Waals surface area contributed by atoms with Crippen LogP contribution in [0.4, 0.5) is 15.0 Å². The van der Waals surface area contributed by atoms with Gasteiger partial charge in [0.05, 0.1) is 5.69 Å². The van der Waals surface area contributed by atoms with Crippen LogP contribution in [0.1, 0.15) is 28.9 Å². The molecule has 0 spiro atoms. The molecule has 0 saturated heterocycles. The van der Waals surface area contributed by atoms with Crippen molar-refractivity contribution in [1.29, 1.82) is 0 Å². The fraction of sp³-hybridized carbons (Fsp3) is 0.176. The minimum absolute atomic E-state index is 0.0146. The van der Waals surface area contributed by atoms with Crippen LogP contribution in [0.5, 0.6) is 0 Å². The van der Waals surface area contributed by atoms with E-state index >= 15 is 0 Å². The van der Waals surface area contributed by atoms with Crippen molar-refractivity contribution >= 4 is 29.5 Å². The van der Waals surface area contributed by atoms with Gasteiger partial charge in [0.15, 0.2) is 11.5 Å². The van der Waals surface area contributed by atoms with Crippen molar-refractivity contribution in [3.63, 3.8) is 0 Å². The molecule has 0 aliphatic heterocycles. The molecule has 3 aromatic heterocycles. The first-order valence-electron chi connectivity index (χ1n) is 8.16. The number of carbonyl (C=O) groups is 2. The lowest BCUT2D eigenvalue weighted by Gasteiger charge is -2.15. The van der Waals surface area contributed by atoms with Gasteiger partial charge in [0.2, 0.25) is 5.95 Å². The molecule has 0 bridgehead atoms. The lowest BCUT2D eigenvalue weighted by Crippen LogP contribution is -2.18. The van der Waals surface area contributed by atoms with E-state index in [1.807, 2.05) is 0 Å². The summed E-state index contributed by atoms with van der Waals surface area (Å²) in [6, 6.07) is 5.62. The Morgan fingerprint density at radius 1 is 1.34 bits per heavy atom. The summed E-state index contributed by atoms with van der Waals surface area (Å²) in [6.45, 7) is 1.62. The molecule has 0 aliphatic rings. The van der Waals surface area contributed by atoms with Crippen LogP contribution in [-0.2, 0) is 11.8 Å². The van der Waals surface area contributed by atoms with Crippen molar-refractivity contribution in [1.82, 2.24) is 25.0 Å². The van der Waals surface area contributed by atoms with Gasteiger partial charge in [-0.15, -0.1) is 5.10 Å². The number of carbonyl (C=O) groups excluding carboxylic acids is 1. The Balaban J connectivity index is 1.81. The average molecular weight is 421 g/mol. The zero-order chi connectivity index (χ0) is 21.1. The Morgan fingerprint density at radius 3 is 2.76 bits per heavy atom. The molecule has 3 rings (SSSR count). The zero-order valence-corrected chi connectivity index (χ0v) is 15.9. The van der Waals surface area contributed by atoms with E-state index in [0.717, 1.165) is 6.07 Å². The number of ether oxygens (including phenoxy) is 1. The van der Waals surface area contributed by atoms with E-state index in [9.17, 15) is 14.0 Å². The molecule has 2 N–H and O–H groups in total. The van der Waals surface area contributed by atoms with Crippen molar-refractivity contribution < 1.29 is 23.8 Å². The number of rotatable bonds is 5. The molecular weight excluding hydrogens is 407 g/mol. The predicted octanol–water partition coefficient (Wildman–Crippen LogP) is 3.07. The number of pyridine rings is 2. The average Bonchev–Trinajstić information content (AvgIpc) is 3.02. The van der Waals surface area contributed by atoms with Crippen molar-refractivity contribution in [2.45, 2.75) is 13.0 Å². The summed E-state index contributed by atoms with van der Waals surface area (Å²) >= 11 is 5.99. The Bertz CT molecular complexity index is 1090. The normalized spacial score (nSPS) is 11.7. The number of halogens is 2. The smallest absolute Gasteiger partial charge is 0.413 e. The summed E-state index contributed by atoms with van der Waals surface area (Å²) in [7, 11) is 1.50. The fourth-order valence-corrected chi connectivity index (χ4v) is 2.72. The summed E-state index contributed by atoms with van der Waals surface area (Å²) in [5.41, 5.74) is -0.0546. The van der Waals surface area contributed by atoms with Crippen LogP contribution < -0.4 is 5.32 Å². The molecule has 3 heterocycles. The Morgan fingerprint density at radius 2 is 2.10 bits per heavy atom. The highest BCUT2D eigenvalue weighted by Gasteiger charge is 2.22. The van der Waals surface area contributed by atoms with Crippen molar-refractivity contribution in [2.75, 3.05) is 5.32 Å². The van der Waals surface area contributed by atoms with Gasteiger partial charge < -0.3 is 9.84 Å². The standard InChI is InChI=1S/C17H14ClFN6O4/c1-8(9-4-3-7-20-13(9)18)29-17(28)22-15-12(23-24-25(15)2)11-6-5-10(16(26)27)14(19)21-11/h3-8H,1-2H3,(H,22,28)(H,26,27). The maximum Gasteiger partial charge on any atom is 0.413 e. The van der Waals surface area contributed by atoms with Crippen LogP contribution in [-0.4, -0.2) is 42.1 Å². The van der Waals surface area contributed by atoms with Crippen LogP contribution in [0.25, 0.3) is 11.4 Å². The van der Waals surface area contributed by atoms with Gasteiger partial charge in [0.1, 0.15) is 16.8 Å². The van der Waals surface area contributed by atoms with Crippen LogP contribution in [0.2, 0.25) is 5.15 Å². The quantitative estimate of drug-likeness (QED) is 0.602. The van der Waals surface area contributed by atoms with E-state index in [0.29, 0.717) is 5.56 Å². The van der Waals surface area contributed by atoms with Gasteiger partial charge in [-0.3, -0.25) is 5.32 Å². The molecule has 3 aromatic rings. The maximum atomic E-state index is 13.9. The zero-order valence-electron chi connectivity index (χ0n) is 15.1. The van der Waals surface area contributed by atoms with E-state index in [-0.39, 0.29) is 22.4 Å². The van der Waals surface area contributed by atoms with Crippen LogP contribution in [0.15, 0.2) is 30.5 Å². The van der Waals surface area contributed by atoms with Gasteiger partial charge in [0.25, 0.3) is 0 Å². The minimum atomic E-state index is -1.45. The summed E-state index contributed by atoms with van der Waals surface area (Å²) in [4.78, 5) is 30.8. The van der Waals surface area contributed by atoms with Crippen molar-refractivity contribution in [3.8, 4) is 11.4 Å². The van der Waals surface area contributed by atoms with Gasteiger partial charge >= 0.3 is 12.1 Å². The van der Waals surface area contributed by atoms with Crippen LogP contribution in [0.3, 0.4) is 0 Å². The van der Waals surface area contributed by atoms with Gasteiger partial charge in [-0.05, 0) is 25.1 Å². The summed E-state index contributed by atoms with van der Waals surface area (Å²) in [6.07, 6.45) is -0.0357. The number of carboxylic acids is 1. The van der Waals surface area contributed by atoms with E-state index in [1.54, 1.807) is 19.1 Å². The summed E-state index contributed by atoms with van der Waals surface area (Å²) in [5.74, 6) is -2.56. The van der Waals surface area contributed by atoms with Gasteiger partial charge in [-0.25, -0.2) is 24.2 Å². The number of aromatic nitrogens is 5. The molecule has 0 saturated carbocycles. The molecule has 10 nitrogen and oxygen atoms in total. The van der Waals surface area contributed by atoms with Crippen molar-refractivity contribution in [2.24, 2.45) is 7.05 Å². The molecule has 12 heteroatoms. The van der Waals surface area contributed by atoms with Crippen LogP contribution >= 0.6 is 11.6 Å². The van der Waals surface area contributed by atoms with Gasteiger partial charge in [-0.2, -0.15) is 4.39 Å². The highest BCUT2D eigenvalue weighted by atomic mass is 35.5. The van der Waals surface area contributed by atoms with E-state index in [1.165, 1.54) is 24.0 Å². The molecule has 1 atom stereocenters. The van der Waals surface area contributed by atoms with Gasteiger partial charge in [0, 0.05) is 18.8 Å². The second kappa shape index (κ2) is 8.19. The van der Waals surface area contributed by atoms with E-state index in [2.05, 4.69) is 25.6 Å². The Labute approximate surface area is 168 Å². The summed E-state index contributed by atoms with van der Waals surface area (Å²) in [5, 5.41) is 19.2. The molecule has 0 aliphatic carbocycles. The molecule has 29 heavy (non-hydrogen) atoms. The molecule has 1 amide bonds. The predicted molar refractivity (Wildman–Crippen MR) is 98.9 cm³/mol. The number of hydrogen-bond acceptors (Lipinski definition) is 7. The monoisotopic (exact) mass is 420 g/mol. The number of hydrogen-bond donors (Lipinski definition) is 2. The van der Waals surface area contributed by atoms with Crippen LogP contribution in [0, 0.1) is 5.95 Å². The largest absolute Gasteiger partial charge is 0.478 e. The molecule has 0 aromatic carbocycles. The number of nitrogens with zero attached hydrogens (tertiary/aromatic N) is 5. The SMILES string of the molecule is CC(OC(=O)Nc1c(-c2ccc(C(=O)O)c(F)n2)nnn1C)c1cccnc1Cl. The number of anilines is 1. The lowest BCUT2D eigenvalue weighted by molar-refractivity contribution is 0.0690. The number of amides is 1. The second-order valence-electron chi connectivity index (χ2n) is 5.81. The molecule has 1 unspecified atom stereocenters. The molecular formula is C17H14ClFN6O4. The highest BCUT2D eigenvalue weighted by Crippen LogP contribution is 2.26. The third-order valence-corrected chi connectivity index (χ3v) is 4.19. The second-order valence-corrected chi connectivity index (χ2v) is 6.16. The van der Waals surface area contributed by atoms with E-state index in [4.69, 9.17) is 21.4 Å². The lowest BCUT2D eigenvalue weighted by atomic mass is 10.2. The summed E-state index contributed by atoms with van der Waals surface area (Å²) < 4.78 is 20.4. The van der Waals surface area contributed by atoms with Crippen molar-refractivity contribution in [3.05, 3.63) is 52.7 Å². The first kappa shape index (κ1) is 20.1. The Kier molecular flexibility index (Phi) is 5.69. The highest BCUT2D eigenvalue weighted by molar-refractivity contribution is 6.30. The minimum Gasteiger partial charge on any atom is -0.478 e. The maximum absolute atomic E-state index is 13.9. The molecule has 0 radical (unpaired) electrons. The Hall–Kier alpha value is -3.60. The molecule has 0 fully saturated rings. The number of aryl methyl sites for hydroxylation is 1. The molecule has 150 valence electrons. The third kappa shape index (κ3) is 4.29.